The van der Waals surface area contributed by atoms with Crippen molar-refractivity contribution in [3.63, 3.8) is 0 Å². The average Bonchev–Trinajstić information content (AvgIpc) is 2.56. The van der Waals surface area contributed by atoms with Gasteiger partial charge in [-0.25, -0.2) is 4.79 Å². The highest BCUT2D eigenvalue weighted by Crippen LogP contribution is 2.22. The zero-order chi connectivity index (χ0) is 19.6. The molecule has 0 aliphatic heterocycles. The fourth-order valence-corrected chi connectivity index (χ4v) is 5.60. The van der Waals surface area contributed by atoms with Gasteiger partial charge in [0, 0.05) is 5.57 Å². The molecule has 3 heteroatoms. The number of carbonyl (C=O) groups is 1. The maximum absolute atomic E-state index is 12.8. The van der Waals surface area contributed by atoms with Crippen LogP contribution in [0.25, 0.3) is 0 Å². The Bertz CT molecular complexity index is 568. The number of unbranched alkanes of at least 4 members (excludes halogenated alkanes) is 5. The molecule has 0 N–H and O–H groups in total. The van der Waals surface area contributed by atoms with E-state index in [1.807, 2.05) is 20.8 Å². The molecule has 0 fully saturated rings. The molecular weight excluding hydrogens is 336 g/mol. The minimum Gasteiger partial charge on any atom is -0.457 e. The van der Waals surface area contributed by atoms with Crippen molar-refractivity contribution >= 4 is 19.2 Å². The second kappa shape index (κ2) is 10.7. The molecule has 1 aromatic carbocycles. The standard InChI is InChI=1S/C23H38O2Si/c1-7-8-9-10-11-13-16-20(22(24)25-23(2,3)4)19-26(5,6)21-17-14-12-15-18-21/h12,14-18H,7-11,13,19H2,1-6H3/b20-16+. The SMILES string of the molecule is CCCCCCC/C=C(\C[Si](C)(C)c1ccccc1)C(=O)OC(C)(C)C. The van der Waals surface area contributed by atoms with Gasteiger partial charge in [-0.3, -0.25) is 0 Å². The number of allylic oxidation sites excluding steroid dienone is 1. The van der Waals surface area contributed by atoms with Gasteiger partial charge >= 0.3 is 5.97 Å². The lowest BCUT2D eigenvalue weighted by Gasteiger charge is -2.26. The van der Waals surface area contributed by atoms with E-state index in [-0.39, 0.29) is 5.97 Å². The van der Waals surface area contributed by atoms with Crippen LogP contribution in [0.2, 0.25) is 19.1 Å². The smallest absolute Gasteiger partial charge is 0.333 e. The molecule has 0 radical (unpaired) electrons. The number of ether oxygens (including phenoxy) is 1. The number of hydrogen-bond donors (Lipinski definition) is 0. The molecular formula is C23H38O2Si. The molecule has 0 unspecified atom stereocenters. The van der Waals surface area contributed by atoms with Crippen LogP contribution in [0.4, 0.5) is 0 Å². The maximum Gasteiger partial charge on any atom is 0.333 e. The van der Waals surface area contributed by atoms with Crippen LogP contribution >= 0.6 is 0 Å². The second-order valence-electron chi connectivity index (χ2n) is 8.86. The highest BCUT2D eigenvalue weighted by Gasteiger charge is 2.29. The van der Waals surface area contributed by atoms with Gasteiger partial charge in [-0.15, -0.1) is 0 Å². The number of hydrogen-bond acceptors (Lipinski definition) is 2. The molecule has 0 aromatic heterocycles. The fourth-order valence-electron chi connectivity index (χ4n) is 3.06. The molecule has 1 aromatic rings. The molecule has 0 aliphatic carbocycles. The second-order valence-corrected chi connectivity index (χ2v) is 13.6. The largest absolute Gasteiger partial charge is 0.457 e. The van der Waals surface area contributed by atoms with Crippen molar-refractivity contribution in [1.82, 2.24) is 0 Å². The van der Waals surface area contributed by atoms with Crippen LogP contribution in [0.15, 0.2) is 42.0 Å². The molecule has 1 rings (SSSR count). The minimum absolute atomic E-state index is 0.137. The van der Waals surface area contributed by atoms with Gasteiger partial charge in [0.15, 0.2) is 0 Å². The Morgan fingerprint density at radius 3 is 2.23 bits per heavy atom. The molecule has 0 heterocycles. The molecule has 2 nitrogen and oxygen atoms in total. The van der Waals surface area contributed by atoms with Crippen molar-refractivity contribution in [1.29, 1.82) is 0 Å². The summed E-state index contributed by atoms with van der Waals surface area (Å²) in [6, 6.07) is 11.5. The Kier molecular flexibility index (Phi) is 9.35. The first-order valence-electron chi connectivity index (χ1n) is 10.1. The van der Waals surface area contributed by atoms with E-state index in [4.69, 9.17) is 4.74 Å². The highest BCUT2D eigenvalue weighted by molar-refractivity contribution is 6.90. The van der Waals surface area contributed by atoms with E-state index >= 15 is 0 Å². The van der Waals surface area contributed by atoms with Crippen LogP contribution in [-0.2, 0) is 9.53 Å². The summed E-state index contributed by atoms with van der Waals surface area (Å²) in [5.41, 5.74) is 0.423. The number of benzene rings is 1. The third-order valence-electron chi connectivity index (χ3n) is 4.55. The predicted octanol–water partition coefficient (Wildman–Crippen LogP) is 6.23. The molecule has 0 spiro atoms. The van der Waals surface area contributed by atoms with E-state index in [9.17, 15) is 4.79 Å². The van der Waals surface area contributed by atoms with Gasteiger partial charge in [0.1, 0.15) is 5.60 Å². The first kappa shape index (κ1) is 22.7. The van der Waals surface area contributed by atoms with Crippen LogP contribution in [0.3, 0.4) is 0 Å². The quantitative estimate of drug-likeness (QED) is 0.210. The van der Waals surface area contributed by atoms with Gasteiger partial charge in [-0.2, -0.15) is 0 Å². The zero-order valence-corrected chi connectivity index (χ0v) is 18.7. The van der Waals surface area contributed by atoms with Crippen molar-refractivity contribution in [3.05, 3.63) is 42.0 Å². The van der Waals surface area contributed by atoms with E-state index in [0.717, 1.165) is 24.5 Å². The monoisotopic (exact) mass is 374 g/mol. The zero-order valence-electron chi connectivity index (χ0n) is 17.7. The van der Waals surface area contributed by atoms with Gasteiger partial charge in [-0.05, 0) is 39.7 Å². The van der Waals surface area contributed by atoms with Crippen molar-refractivity contribution in [2.75, 3.05) is 0 Å². The van der Waals surface area contributed by atoms with Crippen LogP contribution in [0.1, 0.15) is 66.2 Å². The predicted molar refractivity (Wildman–Crippen MR) is 116 cm³/mol. The Balaban J connectivity index is 2.84. The first-order valence-corrected chi connectivity index (χ1v) is 13.3. The molecule has 0 bridgehead atoms. The van der Waals surface area contributed by atoms with Crippen LogP contribution in [0, 0.1) is 0 Å². The Morgan fingerprint density at radius 2 is 1.65 bits per heavy atom. The summed E-state index contributed by atoms with van der Waals surface area (Å²) >= 11 is 0. The fraction of sp³-hybridized carbons (Fsp3) is 0.609. The molecule has 0 saturated heterocycles. The maximum atomic E-state index is 12.8. The van der Waals surface area contributed by atoms with E-state index in [0.29, 0.717) is 0 Å². The molecule has 0 saturated carbocycles. The summed E-state index contributed by atoms with van der Waals surface area (Å²) in [6.45, 7) is 12.7. The minimum atomic E-state index is -1.73. The van der Waals surface area contributed by atoms with Gasteiger partial charge in [0.25, 0.3) is 0 Å². The lowest BCUT2D eigenvalue weighted by Crippen LogP contribution is -2.42. The Labute approximate surface area is 162 Å². The third-order valence-corrected chi connectivity index (χ3v) is 7.71. The topological polar surface area (TPSA) is 26.3 Å². The van der Waals surface area contributed by atoms with Crippen LogP contribution in [-0.4, -0.2) is 19.6 Å². The van der Waals surface area contributed by atoms with Crippen molar-refractivity contribution in [2.45, 2.75) is 91.0 Å². The summed E-state index contributed by atoms with van der Waals surface area (Å²) in [5.74, 6) is -0.137. The number of esters is 1. The van der Waals surface area contributed by atoms with Gasteiger partial charge in [-0.1, -0.05) is 87.3 Å². The van der Waals surface area contributed by atoms with Gasteiger partial charge in [0.05, 0.1) is 8.07 Å². The highest BCUT2D eigenvalue weighted by atomic mass is 28.3. The van der Waals surface area contributed by atoms with Gasteiger partial charge < -0.3 is 4.74 Å². The normalized spacial score (nSPS) is 12.9. The van der Waals surface area contributed by atoms with E-state index in [2.05, 4.69) is 56.4 Å². The van der Waals surface area contributed by atoms with E-state index in [1.54, 1.807) is 0 Å². The molecule has 0 amide bonds. The van der Waals surface area contributed by atoms with Crippen LogP contribution in [0.5, 0.6) is 0 Å². The van der Waals surface area contributed by atoms with Crippen molar-refractivity contribution < 1.29 is 9.53 Å². The van der Waals surface area contributed by atoms with Gasteiger partial charge in [0.2, 0.25) is 0 Å². The third kappa shape index (κ3) is 8.84. The summed E-state index contributed by atoms with van der Waals surface area (Å²) < 4.78 is 5.69. The summed E-state index contributed by atoms with van der Waals surface area (Å²) in [5, 5.41) is 1.39. The number of rotatable bonds is 10. The van der Waals surface area contributed by atoms with Crippen LogP contribution < -0.4 is 5.19 Å². The Hall–Kier alpha value is -1.35. The van der Waals surface area contributed by atoms with Crippen molar-refractivity contribution in [3.8, 4) is 0 Å². The summed E-state index contributed by atoms with van der Waals surface area (Å²) in [6.07, 6.45) is 9.36. The molecule has 0 atom stereocenters. The lowest BCUT2D eigenvalue weighted by atomic mass is 10.1. The van der Waals surface area contributed by atoms with Crippen molar-refractivity contribution in [2.24, 2.45) is 0 Å². The summed E-state index contributed by atoms with van der Waals surface area (Å²) in [7, 11) is -1.73. The first-order chi connectivity index (χ1) is 12.2. The average molecular weight is 375 g/mol. The lowest BCUT2D eigenvalue weighted by molar-refractivity contribution is -0.149. The number of carbonyl (C=O) groups excluding carboxylic acids is 1. The Morgan fingerprint density at radius 1 is 1.04 bits per heavy atom. The molecule has 26 heavy (non-hydrogen) atoms. The molecule has 146 valence electrons. The summed E-state index contributed by atoms with van der Waals surface area (Å²) in [4.78, 5) is 12.8. The van der Waals surface area contributed by atoms with E-state index in [1.165, 1.54) is 30.9 Å². The van der Waals surface area contributed by atoms with E-state index < -0.39 is 13.7 Å². The molecule has 0 aliphatic rings.